The highest BCUT2D eigenvalue weighted by Crippen LogP contribution is 2.43. The number of nitrogens with two attached hydrogens (primary N) is 1. The molecule has 0 atom stereocenters. The fourth-order valence-electron chi connectivity index (χ4n) is 1.07. The predicted molar refractivity (Wildman–Crippen MR) is 40.2 cm³/mol. The summed E-state index contributed by atoms with van der Waals surface area (Å²) in [6.45, 7) is 1.96. The summed E-state index contributed by atoms with van der Waals surface area (Å²) in [5.41, 5.74) is 4.50. The van der Waals surface area contributed by atoms with Crippen molar-refractivity contribution in [3.63, 3.8) is 0 Å². The molecule has 1 aliphatic carbocycles. The van der Waals surface area contributed by atoms with Crippen LogP contribution in [0.1, 0.15) is 27.6 Å². The highest BCUT2D eigenvalue weighted by Gasteiger charge is 2.43. The van der Waals surface area contributed by atoms with Crippen molar-refractivity contribution in [1.29, 1.82) is 0 Å². The Labute approximate surface area is 62.1 Å². The zero-order valence-electron chi connectivity index (χ0n) is 6.53. The molecular formula is C7H17F2N. The van der Waals surface area contributed by atoms with Gasteiger partial charge in [0, 0.05) is 14.3 Å². The minimum Gasteiger partial charge on any atom is -0.333 e. The van der Waals surface area contributed by atoms with Crippen molar-refractivity contribution in [1.82, 2.24) is 0 Å². The molecule has 0 amide bonds. The van der Waals surface area contributed by atoms with Crippen molar-refractivity contribution in [2.45, 2.75) is 32.1 Å². The molecule has 0 radical (unpaired) electrons. The fourth-order valence-corrected chi connectivity index (χ4v) is 1.07. The molecule has 0 spiro atoms. The van der Waals surface area contributed by atoms with Crippen LogP contribution in [0.15, 0.2) is 0 Å². The van der Waals surface area contributed by atoms with Crippen LogP contribution < -0.4 is 5.73 Å². The molecule has 0 aromatic carbocycles. The van der Waals surface area contributed by atoms with E-state index in [1.807, 2.05) is 6.92 Å². The standard InChI is InChI=1S/C6H10F2.CH5N.H2/c1-2-5-3-6(7,8)4-5;1-2;/h5H,2-4H2,1H3;2H2,1H3;1H. The van der Waals surface area contributed by atoms with E-state index in [1.54, 1.807) is 0 Å². The zero-order chi connectivity index (χ0) is 8.20. The van der Waals surface area contributed by atoms with Gasteiger partial charge in [-0.05, 0) is 13.0 Å². The van der Waals surface area contributed by atoms with E-state index in [2.05, 4.69) is 5.73 Å². The van der Waals surface area contributed by atoms with Gasteiger partial charge in [0.1, 0.15) is 0 Å². The van der Waals surface area contributed by atoms with E-state index in [4.69, 9.17) is 0 Å². The molecule has 0 unspecified atom stereocenters. The first-order chi connectivity index (χ1) is 4.64. The summed E-state index contributed by atoms with van der Waals surface area (Å²) in [4.78, 5) is 0. The highest BCUT2D eigenvalue weighted by atomic mass is 19.3. The van der Waals surface area contributed by atoms with E-state index in [9.17, 15) is 8.78 Å². The van der Waals surface area contributed by atoms with E-state index >= 15 is 0 Å². The first kappa shape index (κ1) is 9.82. The summed E-state index contributed by atoms with van der Waals surface area (Å²) in [6, 6.07) is 0. The Morgan fingerprint density at radius 2 is 1.90 bits per heavy atom. The van der Waals surface area contributed by atoms with Gasteiger partial charge in [-0.3, -0.25) is 0 Å². The quantitative estimate of drug-likeness (QED) is 0.614. The molecule has 1 saturated carbocycles. The normalized spacial score (nSPS) is 22.5. The Kier molecular flexibility index (Phi) is 3.79. The summed E-state index contributed by atoms with van der Waals surface area (Å²) < 4.78 is 24.0. The van der Waals surface area contributed by atoms with Crippen molar-refractivity contribution >= 4 is 0 Å². The van der Waals surface area contributed by atoms with E-state index < -0.39 is 5.92 Å². The zero-order valence-corrected chi connectivity index (χ0v) is 6.53. The largest absolute Gasteiger partial charge is 0.333 e. The maximum Gasteiger partial charge on any atom is 0.248 e. The van der Waals surface area contributed by atoms with Gasteiger partial charge in [0.15, 0.2) is 0 Å². The minimum absolute atomic E-state index is 0. The number of rotatable bonds is 1. The summed E-state index contributed by atoms with van der Waals surface area (Å²) in [6.07, 6.45) is 1.17. The summed E-state index contributed by atoms with van der Waals surface area (Å²) in [7, 11) is 1.50. The third kappa shape index (κ3) is 2.60. The smallest absolute Gasteiger partial charge is 0.248 e. The van der Waals surface area contributed by atoms with E-state index in [-0.39, 0.29) is 14.3 Å². The molecule has 0 aliphatic heterocycles. The van der Waals surface area contributed by atoms with E-state index in [0.29, 0.717) is 5.92 Å². The maximum atomic E-state index is 12.0. The van der Waals surface area contributed by atoms with Gasteiger partial charge in [-0.15, -0.1) is 0 Å². The second-order valence-electron chi connectivity index (χ2n) is 2.54. The predicted octanol–water partition coefficient (Wildman–Crippen LogP) is 2.26. The van der Waals surface area contributed by atoms with Crippen LogP contribution in [0, 0.1) is 5.92 Å². The summed E-state index contributed by atoms with van der Waals surface area (Å²) in [5, 5.41) is 0. The van der Waals surface area contributed by atoms with Gasteiger partial charge >= 0.3 is 0 Å². The van der Waals surface area contributed by atoms with Gasteiger partial charge in [0.2, 0.25) is 5.92 Å². The minimum atomic E-state index is -2.30. The molecule has 1 fully saturated rings. The van der Waals surface area contributed by atoms with Crippen molar-refractivity contribution in [2.75, 3.05) is 7.05 Å². The maximum absolute atomic E-state index is 12.0. The molecule has 1 aliphatic rings. The average molecular weight is 153 g/mol. The number of hydrogen-bond donors (Lipinski definition) is 1. The summed E-state index contributed by atoms with van der Waals surface area (Å²) in [5.74, 6) is -1.99. The summed E-state index contributed by atoms with van der Waals surface area (Å²) >= 11 is 0. The van der Waals surface area contributed by atoms with Gasteiger partial charge in [-0.2, -0.15) is 0 Å². The van der Waals surface area contributed by atoms with Gasteiger partial charge in [-0.1, -0.05) is 13.3 Å². The van der Waals surface area contributed by atoms with Gasteiger partial charge in [-0.25, -0.2) is 8.78 Å². The molecule has 10 heavy (non-hydrogen) atoms. The van der Waals surface area contributed by atoms with Crippen LogP contribution in [0.4, 0.5) is 8.78 Å². The molecule has 0 saturated heterocycles. The molecule has 0 heterocycles. The van der Waals surface area contributed by atoms with Crippen LogP contribution in [-0.2, 0) is 0 Å². The van der Waals surface area contributed by atoms with Crippen LogP contribution in [0.25, 0.3) is 0 Å². The Morgan fingerprint density at radius 1 is 1.50 bits per heavy atom. The Balaban J connectivity index is 0. The van der Waals surface area contributed by atoms with Crippen molar-refractivity contribution in [3.05, 3.63) is 0 Å². The lowest BCUT2D eigenvalue weighted by Gasteiger charge is -2.33. The molecule has 1 nitrogen and oxygen atoms in total. The SMILES string of the molecule is CCC1CC(F)(F)C1.CN.[HH]. The molecule has 1 rings (SSSR count). The number of alkyl halides is 2. The Morgan fingerprint density at radius 3 is 2.00 bits per heavy atom. The highest BCUT2D eigenvalue weighted by molar-refractivity contribution is 4.84. The van der Waals surface area contributed by atoms with Crippen LogP contribution in [0.3, 0.4) is 0 Å². The molecular weight excluding hydrogens is 136 g/mol. The molecule has 64 valence electrons. The lowest BCUT2D eigenvalue weighted by atomic mass is 9.80. The van der Waals surface area contributed by atoms with Crippen LogP contribution in [0.2, 0.25) is 0 Å². The van der Waals surface area contributed by atoms with Gasteiger partial charge in [0.05, 0.1) is 0 Å². The number of hydrogen-bond acceptors (Lipinski definition) is 1. The molecule has 0 bridgehead atoms. The van der Waals surface area contributed by atoms with E-state index in [0.717, 1.165) is 6.42 Å². The third-order valence-electron chi connectivity index (χ3n) is 1.75. The molecule has 0 aromatic rings. The van der Waals surface area contributed by atoms with Crippen molar-refractivity contribution in [2.24, 2.45) is 11.7 Å². The van der Waals surface area contributed by atoms with Crippen LogP contribution >= 0.6 is 0 Å². The topological polar surface area (TPSA) is 26.0 Å². The van der Waals surface area contributed by atoms with Crippen LogP contribution in [0.5, 0.6) is 0 Å². The first-order valence-corrected chi connectivity index (χ1v) is 3.59. The van der Waals surface area contributed by atoms with Gasteiger partial charge < -0.3 is 5.73 Å². The third-order valence-corrected chi connectivity index (χ3v) is 1.75. The first-order valence-electron chi connectivity index (χ1n) is 3.59. The monoisotopic (exact) mass is 153 g/mol. The van der Waals surface area contributed by atoms with Crippen LogP contribution in [-0.4, -0.2) is 13.0 Å². The van der Waals surface area contributed by atoms with Crippen molar-refractivity contribution in [3.8, 4) is 0 Å². The molecule has 0 aromatic heterocycles. The second kappa shape index (κ2) is 3.86. The van der Waals surface area contributed by atoms with Gasteiger partial charge in [0.25, 0.3) is 0 Å². The fraction of sp³-hybridized carbons (Fsp3) is 1.00. The second-order valence-corrected chi connectivity index (χ2v) is 2.54. The average Bonchev–Trinajstić information content (AvgIpc) is 1.87. The van der Waals surface area contributed by atoms with E-state index in [1.165, 1.54) is 7.05 Å². The molecule has 3 heteroatoms. The lowest BCUT2D eigenvalue weighted by molar-refractivity contribution is -0.110. The molecule has 2 N–H and O–H groups in total. The Hall–Kier alpha value is -0.180. The van der Waals surface area contributed by atoms with Crippen molar-refractivity contribution < 1.29 is 10.2 Å². The Bertz CT molecular complexity index is 90.4. The number of halogens is 2. The lowest BCUT2D eigenvalue weighted by Crippen LogP contribution is -2.34.